The van der Waals surface area contributed by atoms with E-state index in [0.717, 1.165) is 0 Å². The van der Waals surface area contributed by atoms with E-state index in [1.165, 1.54) is 30.9 Å². The van der Waals surface area contributed by atoms with Gasteiger partial charge in [0.15, 0.2) is 11.5 Å². The molecular weight excluding hydrogens is 366 g/mol. The van der Waals surface area contributed by atoms with Crippen molar-refractivity contribution in [3.63, 3.8) is 0 Å². The van der Waals surface area contributed by atoms with Gasteiger partial charge >= 0.3 is 5.97 Å². The minimum Gasteiger partial charge on any atom is -0.493 e. The van der Waals surface area contributed by atoms with E-state index in [0.29, 0.717) is 21.9 Å². The number of rotatable bonds is 6. The SMILES string of the molecule is COc1cc(C=NNC(=O)c2ccccn2)ccc1OC(=O)c1cccs1. The van der Waals surface area contributed by atoms with Crippen molar-refractivity contribution >= 4 is 29.4 Å². The molecule has 1 N–H and O–H groups in total. The van der Waals surface area contributed by atoms with Gasteiger partial charge in [-0.15, -0.1) is 11.3 Å². The first-order chi connectivity index (χ1) is 13.2. The lowest BCUT2D eigenvalue weighted by molar-refractivity contribution is 0.0734. The first-order valence-corrected chi connectivity index (χ1v) is 8.73. The molecule has 0 radical (unpaired) electrons. The van der Waals surface area contributed by atoms with E-state index in [4.69, 9.17) is 9.47 Å². The second-order valence-corrected chi connectivity index (χ2v) is 6.14. The Morgan fingerprint density at radius 3 is 2.74 bits per heavy atom. The first-order valence-electron chi connectivity index (χ1n) is 7.85. The molecular formula is C19H15N3O4S. The second kappa shape index (κ2) is 8.72. The average Bonchev–Trinajstić information content (AvgIpc) is 3.24. The normalized spacial score (nSPS) is 10.6. The standard InChI is InChI=1S/C19H15N3O4S/c1-25-16-11-13(12-21-22-18(23)14-5-2-3-9-20-14)7-8-15(16)26-19(24)17-6-4-10-27-17/h2-12H,1H3,(H,22,23). The van der Waals surface area contributed by atoms with E-state index >= 15 is 0 Å². The van der Waals surface area contributed by atoms with E-state index in [1.807, 2.05) is 0 Å². The van der Waals surface area contributed by atoms with Crippen LogP contribution in [0.25, 0.3) is 0 Å². The Hall–Kier alpha value is -3.52. The van der Waals surface area contributed by atoms with Crippen LogP contribution in [0.5, 0.6) is 11.5 Å². The van der Waals surface area contributed by atoms with Gasteiger partial charge in [-0.3, -0.25) is 9.78 Å². The maximum Gasteiger partial charge on any atom is 0.353 e. The van der Waals surface area contributed by atoms with Crippen molar-refractivity contribution in [2.24, 2.45) is 5.10 Å². The van der Waals surface area contributed by atoms with E-state index in [9.17, 15) is 9.59 Å². The molecule has 0 saturated carbocycles. The molecule has 1 aromatic carbocycles. The summed E-state index contributed by atoms with van der Waals surface area (Å²) in [6, 6.07) is 13.4. The van der Waals surface area contributed by atoms with Crippen LogP contribution in [-0.4, -0.2) is 30.2 Å². The number of carbonyl (C=O) groups is 2. The lowest BCUT2D eigenvalue weighted by Gasteiger charge is -2.09. The maximum atomic E-state index is 12.1. The number of ether oxygens (including phenoxy) is 2. The number of nitrogens with zero attached hydrogens (tertiary/aromatic N) is 2. The smallest absolute Gasteiger partial charge is 0.353 e. The van der Waals surface area contributed by atoms with Gasteiger partial charge in [-0.05, 0) is 47.3 Å². The Morgan fingerprint density at radius 2 is 2.04 bits per heavy atom. The van der Waals surface area contributed by atoms with E-state index < -0.39 is 11.9 Å². The number of hydrazone groups is 1. The van der Waals surface area contributed by atoms with E-state index in [-0.39, 0.29) is 5.69 Å². The fourth-order valence-electron chi connectivity index (χ4n) is 2.11. The van der Waals surface area contributed by atoms with Crippen molar-refractivity contribution < 1.29 is 19.1 Å². The number of methoxy groups -OCH3 is 1. The molecule has 1 amide bonds. The second-order valence-electron chi connectivity index (χ2n) is 5.19. The van der Waals surface area contributed by atoms with Crippen molar-refractivity contribution in [3.8, 4) is 11.5 Å². The molecule has 0 aliphatic rings. The summed E-state index contributed by atoms with van der Waals surface area (Å²) in [5, 5.41) is 5.70. The third-order valence-corrected chi connectivity index (χ3v) is 4.24. The predicted molar refractivity (Wildman–Crippen MR) is 102 cm³/mol. The van der Waals surface area contributed by atoms with Gasteiger partial charge in [-0.2, -0.15) is 5.10 Å². The van der Waals surface area contributed by atoms with E-state index in [2.05, 4.69) is 15.5 Å². The van der Waals surface area contributed by atoms with Crippen LogP contribution in [0.1, 0.15) is 25.7 Å². The van der Waals surface area contributed by atoms with Gasteiger partial charge in [0, 0.05) is 6.20 Å². The topological polar surface area (TPSA) is 89.9 Å². The molecule has 0 saturated heterocycles. The Bertz CT molecular complexity index is 956. The summed E-state index contributed by atoms with van der Waals surface area (Å²) in [4.78, 5) is 28.4. The number of hydrogen-bond acceptors (Lipinski definition) is 7. The van der Waals surface area contributed by atoms with Gasteiger partial charge < -0.3 is 9.47 Å². The summed E-state index contributed by atoms with van der Waals surface area (Å²) in [6.45, 7) is 0. The predicted octanol–water partition coefficient (Wildman–Crippen LogP) is 3.13. The van der Waals surface area contributed by atoms with Gasteiger partial charge in [0.1, 0.15) is 10.6 Å². The van der Waals surface area contributed by atoms with Crippen LogP contribution in [-0.2, 0) is 0 Å². The number of hydrogen-bond donors (Lipinski definition) is 1. The van der Waals surface area contributed by atoms with Crippen molar-refractivity contribution in [2.45, 2.75) is 0 Å². The zero-order valence-corrected chi connectivity index (χ0v) is 15.1. The largest absolute Gasteiger partial charge is 0.493 e. The molecule has 0 atom stereocenters. The zero-order valence-electron chi connectivity index (χ0n) is 14.3. The third kappa shape index (κ3) is 4.77. The zero-order chi connectivity index (χ0) is 19.1. The number of amides is 1. The van der Waals surface area contributed by atoms with Crippen LogP contribution in [0.3, 0.4) is 0 Å². The first kappa shape index (κ1) is 18.3. The molecule has 7 nitrogen and oxygen atoms in total. The molecule has 0 unspecified atom stereocenters. The molecule has 0 aliphatic heterocycles. The van der Waals surface area contributed by atoms with Crippen molar-refractivity contribution in [1.29, 1.82) is 0 Å². The molecule has 0 bridgehead atoms. The minimum absolute atomic E-state index is 0.267. The number of thiophene rings is 1. The molecule has 3 rings (SSSR count). The monoisotopic (exact) mass is 381 g/mol. The van der Waals surface area contributed by atoms with Crippen LogP contribution in [0.4, 0.5) is 0 Å². The lowest BCUT2D eigenvalue weighted by Crippen LogP contribution is -2.18. The molecule has 0 fully saturated rings. The van der Waals surface area contributed by atoms with Crippen LogP contribution in [0, 0.1) is 0 Å². The summed E-state index contributed by atoms with van der Waals surface area (Å²) in [5.74, 6) is -0.196. The van der Waals surface area contributed by atoms with Gasteiger partial charge in [-0.25, -0.2) is 10.2 Å². The maximum absolute atomic E-state index is 12.1. The highest BCUT2D eigenvalue weighted by molar-refractivity contribution is 7.12. The minimum atomic E-state index is -0.452. The van der Waals surface area contributed by atoms with Crippen molar-refractivity contribution in [2.75, 3.05) is 7.11 Å². The fraction of sp³-hybridized carbons (Fsp3) is 0.0526. The Labute approximate surface area is 159 Å². The average molecular weight is 381 g/mol. The molecule has 27 heavy (non-hydrogen) atoms. The fourth-order valence-corrected chi connectivity index (χ4v) is 2.71. The quantitative estimate of drug-likeness (QED) is 0.307. The van der Waals surface area contributed by atoms with Crippen molar-refractivity contribution in [1.82, 2.24) is 10.4 Å². The summed E-state index contributed by atoms with van der Waals surface area (Å²) in [7, 11) is 1.47. The highest BCUT2D eigenvalue weighted by atomic mass is 32.1. The Kier molecular flexibility index (Phi) is 5.91. The number of nitrogens with one attached hydrogen (secondary N) is 1. The van der Waals surface area contributed by atoms with Crippen LogP contribution < -0.4 is 14.9 Å². The molecule has 136 valence electrons. The molecule has 2 heterocycles. The lowest BCUT2D eigenvalue weighted by atomic mass is 10.2. The molecule has 0 aliphatic carbocycles. The van der Waals surface area contributed by atoms with Crippen LogP contribution in [0.15, 0.2) is 65.2 Å². The summed E-state index contributed by atoms with van der Waals surface area (Å²) in [6.07, 6.45) is 2.98. The highest BCUT2D eigenvalue weighted by Crippen LogP contribution is 2.28. The number of aromatic nitrogens is 1. The molecule has 0 spiro atoms. The van der Waals surface area contributed by atoms with Gasteiger partial charge in [0.05, 0.1) is 13.3 Å². The number of benzene rings is 1. The molecule has 2 aromatic heterocycles. The van der Waals surface area contributed by atoms with E-state index in [1.54, 1.807) is 53.9 Å². The molecule has 3 aromatic rings. The van der Waals surface area contributed by atoms with Crippen molar-refractivity contribution in [3.05, 3.63) is 76.2 Å². The third-order valence-electron chi connectivity index (χ3n) is 3.39. The number of carbonyl (C=O) groups excluding carboxylic acids is 2. The summed E-state index contributed by atoms with van der Waals surface area (Å²) < 4.78 is 10.6. The number of pyridine rings is 1. The Morgan fingerprint density at radius 1 is 1.15 bits per heavy atom. The van der Waals surface area contributed by atoms with Crippen LogP contribution >= 0.6 is 11.3 Å². The highest BCUT2D eigenvalue weighted by Gasteiger charge is 2.13. The Balaban J connectivity index is 1.66. The van der Waals surface area contributed by atoms with Crippen LogP contribution in [0.2, 0.25) is 0 Å². The van der Waals surface area contributed by atoms with Gasteiger partial charge in [0.2, 0.25) is 0 Å². The molecule has 8 heteroatoms. The number of esters is 1. The summed E-state index contributed by atoms with van der Waals surface area (Å²) >= 11 is 1.30. The summed E-state index contributed by atoms with van der Waals surface area (Å²) in [5.41, 5.74) is 3.32. The van der Waals surface area contributed by atoms with Gasteiger partial charge in [-0.1, -0.05) is 12.1 Å². The van der Waals surface area contributed by atoms with Gasteiger partial charge in [0.25, 0.3) is 5.91 Å².